The highest BCUT2D eigenvalue weighted by Crippen LogP contribution is 2.23. The first kappa shape index (κ1) is 9.71. The number of aliphatic imine (C=N–C) groups is 1. The zero-order chi connectivity index (χ0) is 10.2. The van der Waals surface area contributed by atoms with E-state index in [1.54, 1.807) is 6.92 Å². The van der Waals surface area contributed by atoms with Gasteiger partial charge in [-0.3, -0.25) is 4.99 Å². The molecule has 0 aromatic rings. The Bertz CT molecular complexity index is 389. The monoisotopic (exact) mass is 214 g/mol. The molecule has 0 amide bonds. The highest BCUT2D eigenvalue weighted by Gasteiger charge is 2.28. The van der Waals surface area contributed by atoms with Crippen molar-refractivity contribution in [3.63, 3.8) is 0 Å². The summed E-state index contributed by atoms with van der Waals surface area (Å²) in [5, 5.41) is 2.86. The van der Waals surface area contributed by atoms with Crippen molar-refractivity contribution in [3.8, 4) is 0 Å². The molecular weight excluding hydrogens is 200 g/mol. The summed E-state index contributed by atoms with van der Waals surface area (Å²) >= 11 is 0. The van der Waals surface area contributed by atoms with Crippen LogP contribution in [0.1, 0.15) is 32.6 Å². The van der Waals surface area contributed by atoms with Crippen molar-refractivity contribution >= 4 is 15.0 Å². The second-order valence-electron chi connectivity index (χ2n) is 3.78. The van der Waals surface area contributed by atoms with E-state index in [1.165, 1.54) is 6.20 Å². The Hall–Kier alpha value is -0.840. The lowest BCUT2D eigenvalue weighted by Gasteiger charge is -2.04. The molecule has 1 aliphatic heterocycles. The van der Waals surface area contributed by atoms with Gasteiger partial charge in [0.2, 0.25) is 15.0 Å². The van der Waals surface area contributed by atoms with Crippen molar-refractivity contribution in [2.45, 2.75) is 38.6 Å². The summed E-state index contributed by atoms with van der Waals surface area (Å²) in [6, 6.07) is 0.201. The van der Waals surface area contributed by atoms with Gasteiger partial charge in [0.15, 0.2) is 0 Å². The summed E-state index contributed by atoms with van der Waals surface area (Å²) in [7, 11) is -3.25. The predicted octanol–water partition coefficient (Wildman–Crippen LogP) is 1.16. The van der Waals surface area contributed by atoms with Crippen molar-refractivity contribution in [1.82, 2.24) is 5.32 Å². The molecule has 0 aromatic heterocycles. The van der Waals surface area contributed by atoms with Crippen LogP contribution in [0.3, 0.4) is 0 Å². The summed E-state index contributed by atoms with van der Waals surface area (Å²) in [6.07, 6.45) is 5.85. The molecule has 0 aromatic carbocycles. The van der Waals surface area contributed by atoms with Gasteiger partial charge in [0.25, 0.3) is 0 Å². The molecule has 1 fully saturated rings. The molecule has 4 nitrogen and oxygen atoms in total. The molecule has 5 heteroatoms. The number of rotatable bonds is 1. The van der Waals surface area contributed by atoms with E-state index in [-0.39, 0.29) is 11.2 Å². The molecule has 0 bridgehead atoms. The average Bonchev–Trinajstić information content (AvgIpc) is 2.70. The Labute approximate surface area is 84.0 Å². The van der Waals surface area contributed by atoms with E-state index in [2.05, 4.69) is 10.3 Å². The van der Waals surface area contributed by atoms with Crippen molar-refractivity contribution < 1.29 is 8.42 Å². The highest BCUT2D eigenvalue weighted by molar-refractivity contribution is 8.09. The molecule has 1 N–H and O–H groups in total. The standard InChI is InChI=1S/C9H14N2O2S/c1-7-6-10-9(14(7,12)13)11-8-4-2-3-5-8/h6,8H,2-5H2,1H3,(H,10,11). The van der Waals surface area contributed by atoms with Crippen LogP contribution in [-0.2, 0) is 9.84 Å². The molecule has 78 valence electrons. The Morgan fingerprint density at radius 2 is 2.07 bits per heavy atom. The number of allylic oxidation sites excluding steroid dienone is 1. The predicted molar refractivity (Wildman–Crippen MR) is 55.5 cm³/mol. The fourth-order valence-corrected chi connectivity index (χ4v) is 2.80. The van der Waals surface area contributed by atoms with Gasteiger partial charge < -0.3 is 5.32 Å². The summed E-state index contributed by atoms with van der Waals surface area (Å²) in [4.78, 5) is 4.60. The molecule has 2 rings (SSSR count). The SMILES string of the molecule is CC1=CNC(=NC2CCCC2)S1(=O)=O. The minimum absolute atomic E-state index is 0.141. The van der Waals surface area contributed by atoms with Gasteiger partial charge in [-0.15, -0.1) is 0 Å². The minimum atomic E-state index is -3.25. The second-order valence-corrected chi connectivity index (χ2v) is 5.81. The summed E-state index contributed by atoms with van der Waals surface area (Å²) in [5.74, 6) is 0. The Morgan fingerprint density at radius 1 is 1.43 bits per heavy atom. The van der Waals surface area contributed by atoms with E-state index in [0.717, 1.165) is 25.7 Å². The number of nitrogens with zero attached hydrogens (tertiary/aromatic N) is 1. The molecule has 1 aliphatic carbocycles. The maximum absolute atomic E-state index is 11.6. The molecule has 1 heterocycles. The maximum Gasteiger partial charge on any atom is 0.236 e. The summed E-state index contributed by atoms with van der Waals surface area (Å²) < 4.78 is 23.2. The van der Waals surface area contributed by atoms with E-state index < -0.39 is 9.84 Å². The van der Waals surface area contributed by atoms with Crippen LogP contribution in [0.15, 0.2) is 16.1 Å². The lowest BCUT2D eigenvalue weighted by molar-refractivity contribution is 0.611. The van der Waals surface area contributed by atoms with Crippen LogP contribution < -0.4 is 5.32 Å². The normalized spacial score (nSPS) is 29.2. The smallest absolute Gasteiger partial charge is 0.236 e. The maximum atomic E-state index is 11.6. The third-order valence-electron chi connectivity index (χ3n) is 2.70. The van der Waals surface area contributed by atoms with Crippen LogP contribution in [0.5, 0.6) is 0 Å². The fraction of sp³-hybridized carbons (Fsp3) is 0.667. The van der Waals surface area contributed by atoms with Gasteiger partial charge in [0.05, 0.1) is 10.9 Å². The van der Waals surface area contributed by atoms with Gasteiger partial charge in [-0.1, -0.05) is 12.8 Å². The zero-order valence-electron chi connectivity index (χ0n) is 8.16. The topological polar surface area (TPSA) is 58.5 Å². The summed E-state index contributed by atoms with van der Waals surface area (Å²) in [5.41, 5.74) is 0. The summed E-state index contributed by atoms with van der Waals surface area (Å²) in [6.45, 7) is 1.58. The molecule has 14 heavy (non-hydrogen) atoms. The van der Waals surface area contributed by atoms with E-state index in [4.69, 9.17) is 0 Å². The highest BCUT2D eigenvalue weighted by atomic mass is 32.2. The molecule has 0 spiro atoms. The van der Waals surface area contributed by atoms with Gasteiger partial charge in [-0.2, -0.15) is 0 Å². The van der Waals surface area contributed by atoms with Crippen LogP contribution in [0.2, 0.25) is 0 Å². The van der Waals surface area contributed by atoms with Gasteiger partial charge in [-0.05, 0) is 19.8 Å². The van der Waals surface area contributed by atoms with Crippen molar-refractivity contribution in [2.24, 2.45) is 4.99 Å². The van der Waals surface area contributed by atoms with Gasteiger partial charge in [0, 0.05) is 6.20 Å². The quantitative estimate of drug-likeness (QED) is 0.712. The van der Waals surface area contributed by atoms with E-state index in [1.807, 2.05) is 0 Å². The molecule has 1 saturated carbocycles. The molecule has 0 atom stereocenters. The first-order valence-electron chi connectivity index (χ1n) is 4.87. The second kappa shape index (κ2) is 3.38. The van der Waals surface area contributed by atoms with E-state index >= 15 is 0 Å². The first-order valence-corrected chi connectivity index (χ1v) is 6.35. The molecule has 0 saturated heterocycles. The number of hydrogen-bond acceptors (Lipinski definition) is 3. The first-order chi connectivity index (χ1) is 6.60. The third-order valence-corrected chi connectivity index (χ3v) is 4.40. The zero-order valence-corrected chi connectivity index (χ0v) is 8.97. The van der Waals surface area contributed by atoms with Gasteiger partial charge in [-0.25, -0.2) is 8.42 Å². The van der Waals surface area contributed by atoms with Crippen molar-refractivity contribution in [3.05, 3.63) is 11.1 Å². The van der Waals surface area contributed by atoms with Crippen LogP contribution >= 0.6 is 0 Å². The molecule has 0 radical (unpaired) electrons. The van der Waals surface area contributed by atoms with Crippen LogP contribution in [0.25, 0.3) is 0 Å². The van der Waals surface area contributed by atoms with Gasteiger partial charge in [0.1, 0.15) is 0 Å². The largest absolute Gasteiger partial charge is 0.336 e. The number of nitrogens with one attached hydrogen (secondary N) is 1. The average molecular weight is 214 g/mol. The third kappa shape index (κ3) is 1.56. The fourth-order valence-electron chi connectivity index (χ4n) is 1.78. The number of sulfone groups is 1. The Balaban J connectivity index is 2.21. The molecule has 2 aliphatic rings. The van der Waals surface area contributed by atoms with Crippen LogP contribution in [-0.4, -0.2) is 19.6 Å². The van der Waals surface area contributed by atoms with Crippen LogP contribution in [0.4, 0.5) is 0 Å². The lowest BCUT2D eigenvalue weighted by Crippen LogP contribution is -2.22. The van der Waals surface area contributed by atoms with Crippen LogP contribution in [0, 0.1) is 0 Å². The lowest BCUT2D eigenvalue weighted by atomic mass is 10.3. The molecular formula is C9H14N2O2S. The number of amidine groups is 1. The molecule has 0 unspecified atom stereocenters. The Morgan fingerprint density at radius 3 is 2.57 bits per heavy atom. The van der Waals surface area contributed by atoms with Crippen molar-refractivity contribution in [1.29, 1.82) is 0 Å². The van der Waals surface area contributed by atoms with E-state index in [0.29, 0.717) is 4.91 Å². The van der Waals surface area contributed by atoms with Crippen molar-refractivity contribution in [2.75, 3.05) is 0 Å². The minimum Gasteiger partial charge on any atom is -0.336 e. The van der Waals surface area contributed by atoms with Gasteiger partial charge >= 0.3 is 0 Å². The number of hydrogen-bond donors (Lipinski definition) is 1. The Kier molecular flexibility index (Phi) is 2.34. The van der Waals surface area contributed by atoms with E-state index in [9.17, 15) is 8.42 Å².